The number of carbonyl (C=O) groups is 1. The van der Waals surface area contributed by atoms with Crippen molar-refractivity contribution < 1.29 is 22.7 Å². The topological polar surface area (TPSA) is 68.5 Å². The number of benzene rings is 2. The van der Waals surface area contributed by atoms with Gasteiger partial charge in [0.05, 0.1) is 23.3 Å². The van der Waals surface area contributed by atoms with E-state index in [4.69, 9.17) is 0 Å². The number of aryl methyl sites for hydroxylation is 1. The summed E-state index contributed by atoms with van der Waals surface area (Å²) in [5.74, 6) is 0.456. The number of imidazole rings is 1. The molecule has 0 radical (unpaired) electrons. The minimum absolute atomic E-state index is 0.298. The fourth-order valence-electron chi connectivity index (χ4n) is 5.22. The number of aromatic nitrogens is 3. The lowest BCUT2D eigenvalue weighted by molar-refractivity contribution is -0.274. The second kappa shape index (κ2) is 9.88. The maximum Gasteiger partial charge on any atom is 0.573 e. The van der Waals surface area contributed by atoms with E-state index < -0.39 is 6.36 Å². The Kier molecular flexibility index (Phi) is 6.62. The number of carbonyl (C=O) groups excluding carboxylic acids is 1. The molecule has 9 heteroatoms. The Morgan fingerprint density at radius 1 is 1.05 bits per heavy atom. The number of rotatable bonds is 5. The number of ether oxygens (including phenoxy) is 1. The quantitative estimate of drug-likeness (QED) is 0.309. The molecule has 1 aliphatic carbocycles. The molecule has 1 saturated carbocycles. The molecule has 4 aromatic rings. The molecular weight excluding hydrogens is 481 g/mol. The van der Waals surface area contributed by atoms with E-state index in [1.807, 2.05) is 30.5 Å². The Morgan fingerprint density at radius 2 is 1.78 bits per heavy atom. The molecule has 2 aromatic heterocycles. The maximum absolute atomic E-state index is 13.2. The first-order valence-electron chi connectivity index (χ1n) is 12.3. The van der Waals surface area contributed by atoms with Crippen LogP contribution in [0.3, 0.4) is 0 Å². The van der Waals surface area contributed by atoms with Gasteiger partial charge in [0, 0.05) is 17.7 Å². The van der Waals surface area contributed by atoms with Crippen LogP contribution in [0.4, 0.5) is 18.9 Å². The third-order valence-corrected chi connectivity index (χ3v) is 6.93. The zero-order valence-corrected chi connectivity index (χ0v) is 20.6. The van der Waals surface area contributed by atoms with Crippen molar-refractivity contribution in [3.63, 3.8) is 0 Å². The van der Waals surface area contributed by atoms with Crippen LogP contribution in [0.25, 0.3) is 16.9 Å². The number of hydrogen-bond donors (Lipinski definition) is 1. The minimum atomic E-state index is -4.75. The molecule has 2 aromatic carbocycles. The van der Waals surface area contributed by atoms with Crippen LogP contribution in [0.2, 0.25) is 0 Å². The molecule has 0 unspecified atom stereocenters. The van der Waals surface area contributed by atoms with Crippen LogP contribution < -0.4 is 10.1 Å². The number of nitrogens with one attached hydrogen (secondary N) is 1. The van der Waals surface area contributed by atoms with Gasteiger partial charge in [-0.25, -0.2) is 9.97 Å². The third kappa shape index (κ3) is 5.30. The molecule has 1 amide bonds. The fourth-order valence-corrected chi connectivity index (χ4v) is 5.22. The van der Waals surface area contributed by atoms with E-state index in [0.717, 1.165) is 29.8 Å². The van der Waals surface area contributed by atoms with Gasteiger partial charge in [-0.05, 0) is 61.6 Å². The average Bonchev–Trinajstić information content (AvgIpc) is 3.19. The van der Waals surface area contributed by atoms with E-state index in [1.54, 1.807) is 18.3 Å². The number of alkyl halides is 3. The van der Waals surface area contributed by atoms with E-state index in [2.05, 4.69) is 20.0 Å². The smallest absolute Gasteiger partial charge is 0.406 e. The molecule has 6 nitrogen and oxygen atoms in total. The van der Waals surface area contributed by atoms with Gasteiger partial charge in [-0.1, -0.05) is 43.5 Å². The van der Waals surface area contributed by atoms with Crippen molar-refractivity contribution in [3.05, 3.63) is 77.4 Å². The summed E-state index contributed by atoms with van der Waals surface area (Å²) >= 11 is 0. The zero-order valence-electron chi connectivity index (χ0n) is 20.6. The first-order valence-corrected chi connectivity index (χ1v) is 12.3. The number of nitrogens with zero attached hydrogens (tertiary/aromatic N) is 3. The fraction of sp³-hybridized carbons (Fsp3) is 0.321. The summed E-state index contributed by atoms with van der Waals surface area (Å²) < 4.78 is 43.4. The number of halogens is 3. The van der Waals surface area contributed by atoms with Gasteiger partial charge in [0.15, 0.2) is 0 Å². The van der Waals surface area contributed by atoms with Crippen molar-refractivity contribution in [2.75, 3.05) is 5.32 Å². The molecule has 1 fully saturated rings. The highest BCUT2D eigenvalue weighted by molar-refractivity contribution is 6.06. The van der Waals surface area contributed by atoms with Gasteiger partial charge in [0.2, 0.25) is 5.78 Å². The summed E-state index contributed by atoms with van der Waals surface area (Å²) in [5.41, 5.74) is 5.28. The van der Waals surface area contributed by atoms with Crippen molar-refractivity contribution in [1.29, 1.82) is 0 Å². The first kappa shape index (κ1) is 24.8. The summed E-state index contributed by atoms with van der Waals surface area (Å²) in [6, 6.07) is 10.9. The predicted molar refractivity (Wildman–Crippen MR) is 135 cm³/mol. The van der Waals surface area contributed by atoms with Crippen molar-refractivity contribution in [1.82, 2.24) is 14.4 Å². The summed E-state index contributed by atoms with van der Waals surface area (Å²) in [7, 11) is 0. The summed E-state index contributed by atoms with van der Waals surface area (Å²) in [6.45, 7) is 3.82. The molecule has 2 heterocycles. The van der Waals surface area contributed by atoms with Crippen molar-refractivity contribution >= 4 is 17.4 Å². The molecule has 0 aliphatic heterocycles. The molecule has 0 atom stereocenters. The molecule has 0 bridgehead atoms. The SMILES string of the molecule is Cc1nc2ncc(NC(=O)c3cccc(-c4ccc(OC(F)(F)F)cc4)c3C)cn2c1C1CCCCC1. The van der Waals surface area contributed by atoms with Gasteiger partial charge in [-0.3, -0.25) is 9.20 Å². The lowest BCUT2D eigenvalue weighted by atomic mass is 9.86. The van der Waals surface area contributed by atoms with E-state index in [0.29, 0.717) is 34.1 Å². The van der Waals surface area contributed by atoms with E-state index >= 15 is 0 Å². The van der Waals surface area contributed by atoms with E-state index in [9.17, 15) is 18.0 Å². The van der Waals surface area contributed by atoms with Crippen LogP contribution >= 0.6 is 0 Å². The van der Waals surface area contributed by atoms with Crippen LogP contribution in [-0.2, 0) is 0 Å². The van der Waals surface area contributed by atoms with Gasteiger partial charge in [-0.2, -0.15) is 0 Å². The lowest BCUT2D eigenvalue weighted by Gasteiger charge is -2.22. The molecule has 1 N–H and O–H groups in total. The lowest BCUT2D eigenvalue weighted by Crippen LogP contribution is -2.17. The number of hydrogen-bond acceptors (Lipinski definition) is 4. The van der Waals surface area contributed by atoms with Crippen molar-refractivity contribution in [3.8, 4) is 16.9 Å². The Hall–Kier alpha value is -3.88. The highest BCUT2D eigenvalue weighted by Gasteiger charge is 2.31. The van der Waals surface area contributed by atoms with Gasteiger partial charge in [0.25, 0.3) is 5.91 Å². The monoisotopic (exact) mass is 508 g/mol. The van der Waals surface area contributed by atoms with Crippen molar-refractivity contribution in [2.24, 2.45) is 0 Å². The number of fused-ring (bicyclic) bond motifs is 1. The van der Waals surface area contributed by atoms with Crippen LogP contribution in [0.15, 0.2) is 54.9 Å². The van der Waals surface area contributed by atoms with E-state index in [-0.39, 0.29) is 11.7 Å². The first-order chi connectivity index (χ1) is 17.7. The minimum Gasteiger partial charge on any atom is -0.406 e. The van der Waals surface area contributed by atoms with E-state index in [1.165, 1.54) is 43.5 Å². The number of anilines is 1. The molecular formula is C28H27F3N4O2. The molecule has 0 spiro atoms. The number of amides is 1. The Labute approximate surface area is 212 Å². The van der Waals surface area contributed by atoms with Gasteiger partial charge in [0.1, 0.15) is 5.75 Å². The Bertz CT molecular complexity index is 1440. The molecule has 1 aliphatic rings. The highest BCUT2D eigenvalue weighted by atomic mass is 19.4. The van der Waals surface area contributed by atoms with Crippen LogP contribution in [0, 0.1) is 13.8 Å². The summed E-state index contributed by atoms with van der Waals surface area (Å²) in [6.07, 6.45) is 4.64. The maximum atomic E-state index is 13.2. The highest BCUT2D eigenvalue weighted by Crippen LogP contribution is 2.35. The van der Waals surface area contributed by atoms with Crippen LogP contribution in [-0.4, -0.2) is 26.6 Å². The summed E-state index contributed by atoms with van der Waals surface area (Å²) in [5, 5.41) is 2.95. The Balaban J connectivity index is 1.39. The predicted octanol–water partition coefficient (Wildman–Crippen LogP) is 7.21. The molecule has 0 saturated heterocycles. The average molecular weight is 509 g/mol. The van der Waals surface area contributed by atoms with Crippen LogP contribution in [0.1, 0.15) is 65.3 Å². The molecule has 5 rings (SSSR count). The normalized spacial score (nSPS) is 14.6. The summed E-state index contributed by atoms with van der Waals surface area (Å²) in [4.78, 5) is 22.3. The third-order valence-electron chi connectivity index (χ3n) is 6.93. The molecule has 192 valence electrons. The van der Waals surface area contributed by atoms with Crippen molar-refractivity contribution in [2.45, 2.75) is 58.2 Å². The van der Waals surface area contributed by atoms with Gasteiger partial charge < -0.3 is 10.1 Å². The van der Waals surface area contributed by atoms with Gasteiger partial charge in [-0.15, -0.1) is 13.2 Å². The largest absolute Gasteiger partial charge is 0.573 e. The zero-order chi connectivity index (χ0) is 26.2. The van der Waals surface area contributed by atoms with Crippen LogP contribution in [0.5, 0.6) is 5.75 Å². The van der Waals surface area contributed by atoms with Gasteiger partial charge >= 0.3 is 6.36 Å². The standard InChI is InChI=1S/C28H27F3N4O2/c1-17-23(19-11-13-22(14-12-19)37-28(29,30)31)9-6-10-24(17)26(36)34-21-15-32-27-33-18(2)25(35(27)16-21)20-7-4-3-5-8-20/h6,9-16,20H,3-5,7-8H2,1-2H3,(H,34,36). The second-order valence-electron chi connectivity index (χ2n) is 9.43. The Morgan fingerprint density at radius 3 is 2.49 bits per heavy atom. The molecule has 37 heavy (non-hydrogen) atoms. The second-order valence-corrected chi connectivity index (χ2v) is 9.43.